The van der Waals surface area contributed by atoms with Crippen LogP contribution in [0.2, 0.25) is 5.02 Å². The smallest absolute Gasteiger partial charge is 0.415 e. The highest BCUT2D eigenvalue weighted by molar-refractivity contribution is 7.22. The molecule has 6 rings (SSSR count). The molecular weight excluding hydrogens is 635 g/mol. The molecule has 0 spiro atoms. The Hall–Kier alpha value is -3.71. The fourth-order valence-corrected chi connectivity index (χ4v) is 6.94. The predicted octanol–water partition coefficient (Wildman–Crippen LogP) is 7.63. The van der Waals surface area contributed by atoms with E-state index in [9.17, 15) is 18.3 Å². The summed E-state index contributed by atoms with van der Waals surface area (Å²) in [6.07, 6.45) is 5.47. The number of aromatic hydroxyl groups is 1. The Morgan fingerprint density at radius 2 is 1.91 bits per heavy atom. The number of nitrogens with one attached hydrogen (secondary N) is 1. The second-order valence-corrected chi connectivity index (χ2v) is 12.8. The minimum absolute atomic E-state index is 0.0603. The number of thiophene rings is 1. The Morgan fingerprint density at radius 1 is 1.15 bits per heavy atom. The highest BCUT2D eigenvalue weighted by Crippen LogP contribution is 2.45. The van der Waals surface area contributed by atoms with Crippen molar-refractivity contribution in [1.29, 1.82) is 0 Å². The van der Waals surface area contributed by atoms with Gasteiger partial charge in [-0.05, 0) is 63.6 Å². The molecule has 244 valence electrons. The summed E-state index contributed by atoms with van der Waals surface area (Å²) in [6.45, 7) is 12.7. The van der Waals surface area contributed by atoms with Crippen LogP contribution in [0.1, 0.15) is 25.1 Å². The summed E-state index contributed by atoms with van der Waals surface area (Å²) in [7, 11) is 2.19. The zero-order valence-corrected chi connectivity index (χ0v) is 27.6. The first-order valence-corrected chi connectivity index (χ1v) is 16.2. The number of hydrogen-bond donors (Lipinski definition) is 2. The number of alkyl halides is 3. The van der Waals surface area contributed by atoms with Crippen LogP contribution in [-0.4, -0.2) is 80.6 Å². The van der Waals surface area contributed by atoms with Gasteiger partial charge in [-0.1, -0.05) is 35.9 Å². The number of benzene rings is 1. The molecular formula is C33H37ClF3N7OS. The van der Waals surface area contributed by atoms with Crippen molar-refractivity contribution in [3.05, 3.63) is 83.0 Å². The first kappa shape index (κ1) is 33.6. The van der Waals surface area contributed by atoms with Crippen LogP contribution >= 0.6 is 22.9 Å². The van der Waals surface area contributed by atoms with E-state index in [1.54, 1.807) is 61.9 Å². The van der Waals surface area contributed by atoms with Crippen molar-refractivity contribution in [1.82, 2.24) is 29.5 Å². The van der Waals surface area contributed by atoms with Crippen LogP contribution in [0.3, 0.4) is 0 Å². The largest absolute Gasteiger partial charge is 0.506 e. The van der Waals surface area contributed by atoms with Crippen LogP contribution in [0.15, 0.2) is 66.7 Å². The fraction of sp³-hybridized carbons (Fsp3) is 0.364. The number of halogens is 4. The van der Waals surface area contributed by atoms with Gasteiger partial charge in [-0.15, -0.1) is 11.3 Å². The summed E-state index contributed by atoms with van der Waals surface area (Å²) >= 11 is 7.80. The molecule has 0 bridgehead atoms. The lowest BCUT2D eigenvalue weighted by Gasteiger charge is -2.32. The van der Waals surface area contributed by atoms with E-state index in [0.717, 1.165) is 79.9 Å². The third-order valence-corrected chi connectivity index (χ3v) is 9.50. The second kappa shape index (κ2) is 14.4. The number of phenols is 1. The molecule has 3 aromatic heterocycles. The summed E-state index contributed by atoms with van der Waals surface area (Å²) in [5, 5.41) is 19.2. The maximum Gasteiger partial charge on any atom is 0.415 e. The van der Waals surface area contributed by atoms with Gasteiger partial charge in [0.05, 0.1) is 23.2 Å². The van der Waals surface area contributed by atoms with Crippen LogP contribution in [0, 0.1) is 0 Å². The van der Waals surface area contributed by atoms with Crippen molar-refractivity contribution in [3.8, 4) is 16.2 Å². The summed E-state index contributed by atoms with van der Waals surface area (Å²) in [4.78, 5) is 16.2. The molecule has 0 unspecified atom stereocenters. The number of likely N-dealkylation sites (N-methyl/N-ethyl adjacent to an activating group) is 1. The third-order valence-electron chi connectivity index (χ3n) is 8.02. The number of fused-ring (bicyclic) bond motifs is 5. The van der Waals surface area contributed by atoms with E-state index in [2.05, 4.69) is 43.4 Å². The van der Waals surface area contributed by atoms with Gasteiger partial charge in [-0.2, -0.15) is 18.3 Å². The van der Waals surface area contributed by atoms with E-state index < -0.39 is 11.7 Å². The number of allylic oxidation sites excluding steroid dienone is 5. The Morgan fingerprint density at radius 3 is 2.61 bits per heavy atom. The average molecular weight is 672 g/mol. The summed E-state index contributed by atoms with van der Waals surface area (Å²) in [5.74, 6) is 0.820. The molecule has 1 saturated heterocycles. The summed E-state index contributed by atoms with van der Waals surface area (Å²) in [6, 6.07) is 5.07. The standard InChI is InChI=1S/C24H26ClN7OS.C9H11F3/c1-30-6-8-31(9-7-30)10-11-32-19-4-3-16-21-23(29-15-2-5-20(33)18(25)12-15)26-14-27-24(21)34-22(16)17(19)13-28-32;1-4-5-7(2)6-8(3)9(10,11)12/h2,5,12-14,33H,3-4,6-11H2,1H3,(H,26,27,29);4-6H,3H2,1-2H3/b;5-4-,7-6-. The van der Waals surface area contributed by atoms with Gasteiger partial charge in [-0.3, -0.25) is 9.58 Å². The lowest BCUT2D eigenvalue weighted by Crippen LogP contribution is -2.45. The molecule has 2 aliphatic rings. The Kier molecular flexibility index (Phi) is 10.5. The van der Waals surface area contributed by atoms with Crippen molar-refractivity contribution in [3.63, 3.8) is 0 Å². The van der Waals surface area contributed by atoms with Crippen molar-refractivity contribution in [2.75, 3.05) is 45.1 Å². The Balaban J connectivity index is 0.000000298. The van der Waals surface area contributed by atoms with Crippen LogP contribution in [0.25, 0.3) is 20.7 Å². The summed E-state index contributed by atoms with van der Waals surface area (Å²) in [5.41, 5.74) is 4.32. The molecule has 46 heavy (non-hydrogen) atoms. The van der Waals surface area contributed by atoms with E-state index >= 15 is 0 Å². The Bertz CT molecular complexity index is 1770. The van der Waals surface area contributed by atoms with E-state index in [-0.39, 0.29) is 5.75 Å². The molecule has 1 aromatic carbocycles. The molecule has 1 aliphatic carbocycles. The lowest BCUT2D eigenvalue weighted by atomic mass is 9.95. The van der Waals surface area contributed by atoms with Crippen molar-refractivity contribution in [2.45, 2.75) is 39.4 Å². The number of piperazine rings is 1. The predicted molar refractivity (Wildman–Crippen MR) is 180 cm³/mol. The molecule has 0 saturated carbocycles. The van der Waals surface area contributed by atoms with Gasteiger partial charge in [0.2, 0.25) is 0 Å². The zero-order chi connectivity index (χ0) is 33.0. The highest BCUT2D eigenvalue weighted by Gasteiger charge is 2.30. The molecule has 13 heteroatoms. The number of nitrogens with zero attached hydrogens (tertiary/aromatic N) is 6. The van der Waals surface area contributed by atoms with E-state index in [0.29, 0.717) is 10.6 Å². The molecule has 0 radical (unpaired) electrons. The Labute approximate surface area is 275 Å². The first-order chi connectivity index (χ1) is 21.9. The van der Waals surface area contributed by atoms with Crippen molar-refractivity contribution < 1.29 is 18.3 Å². The number of hydrogen-bond acceptors (Lipinski definition) is 8. The number of aryl methyl sites for hydroxylation is 1. The van der Waals surface area contributed by atoms with Gasteiger partial charge < -0.3 is 15.3 Å². The average Bonchev–Trinajstić information content (AvgIpc) is 3.60. The van der Waals surface area contributed by atoms with E-state index in [1.807, 2.05) is 6.20 Å². The normalized spacial score (nSPS) is 15.8. The van der Waals surface area contributed by atoms with Crippen molar-refractivity contribution >= 4 is 44.7 Å². The number of phenolic OH excluding ortho intramolecular Hbond substituents is 1. The molecule has 0 atom stereocenters. The highest BCUT2D eigenvalue weighted by atomic mass is 35.5. The van der Waals surface area contributed by atoms with Gasteiger partial charge in [-0.25, -0.2) is 9.97 Å². The quantitative estimate of drug-likeness (QED) is 0.154. The van der Waals surface area contributed by atoms with Gasteiger partial charge in [0.1, 0.15) is 22.7 Å². The molecule has 8 nitrogen and oxygen atoms in total. The minimum atomic E-state index is -4.32. The molecule has 1 fully saturated rings. The maximum atomic E-state index is 11.9. The second-order valence-electron chi connectivity index (χ2n) is 11.4. The van der Waals surface area contributed by atoms with Gasteiger partial charge in [0.15, 0.2) is 0 Å². The van der Waals surface area contributed by atoms with E-state index in [1.165, 1.54) is 21.7 Å². The van der Waals surface area contributed by atoms with Crippen LogP contribution in [-0.2, 0) is 19.4 Å². The van der Waals surface area contributed by atoms with Gasteiger partial charge >= 0.3 is 6.18 Å². The third kappa shape index (κ3) is 7.80. The van der Waals surface area contributed by atoms with Crippen LogP contribution in [0.5, 0.6) is 5.75 Å². The van der Waals surface area contributed by atoms with Crippen molar-refractivity contribution in [2.24, 2.45) is 0 Å². The molecule has 4 aromatic rings. The minimum Gasteiger partial charge on any atom is -0.506 e. The monoisotopic (exact) mass is 671 g/mol. The maximum absolute atomic E-state index is 11.9. The van der Waals surface area contributed by atoms with Gasteiger partial charge in [0, 0.05) is 60.1 Å². The number of rotatable bonds is 7. The molecule has 1 aliphatic heterocycles. The van der Waals surface area contributed by atoms with Crippen LogP contribution < -0.4 is 5.32 Å². The number of aromatic nitrogens is 4. The summed E-state index contributed by atoms with van der Waals surface area (Å²) < 4.78 is 37.8. The van der Waals surface area contributed by atoms with Gasteiger partial charge in [0.25, 0.3) is 0 Å². The molecule has 4 heterocycles. The van der Waals surface area contributed by atoms with E-state index in [4.69, 9.17) is 16.7 Å². The lowest BCUT2D eigenvalue weighted by molar-refractivity contribution is -0.0878. The topological polar surface area (TPSA) is 82.3 Å². The zero-order valence-electron chi connectivity index (χ0n) is 26.0. The van der Waals surface area contributed by atoms with Crippen LogP contribution in [0.4, 0.5) is 24.7 Å². The molecule has 0 amide bonds. The first-order valence-electron chi connectivity index (χ1n) is 15.0. The fourth-order valence-electron chi connectivity index (χ4n) is 5.54. The number of anilines is 2. The molecule has 2 N–H and O–H groups in total. The SMILES string of the molecule is C=C(/C=C(C)\C=C/C)C(F)(F)F.CN1CCN(CCn2ncc3c2CCc2c-3sc3ncnc(Nc4ccc(O)c(Cl)c4)c23)CC1.